The van der Waals surface area contributed by atoms with Gasteiger partial charge < -0.3 is 4.90 Å². The van der Waals surface area contributed by atoms with Gasteiger partial charge in [0, 0.05) is 35.6 Å². The summed E-state index contributed by atoms with van der Waals surface area (Å²) in [6.07, 6.45) is 3.56. The van der Waals surface area contributed by atoms with Crippen molar-refractivity contribution in [3.05, 3.63) is 79.1 Å². The van der Waals surface area contributed by atoms with Crippen molar-refractivity contribution in [2.75, 3.05) is 11.4 Å². The molecule has 0 aliphatic carbocycles. The predicted molar refractivity (Wildman–Crippen MR) is 102 cm³/mol. The Kier molecular flexibility index (Phi) is 4.09. The molecule has 4 nitrogen and oxygen atoms in total. The lowest BCUT2D eigenvalue weighted by Crippen LogP contribution is -2.18. The molecule has 0 aliphatic rings. The summed E-state index contributed by atoms with van der Waals surface area (Å²) >= 11 is 0. The summed E-state index contributed by atoms with van der Waals surface area (Å²) in [5, 5.41) is 1.04. The van der Waals surface area contributed by atoms with Crippen molar-refractivity contribution < 1.29 is 0 Å². The van der Waals surface area contributed by atoms with Crippen LogP contribution in [-0.4, -0.2) is 21.5 Å². The van der Waals surface area contributed by atoms with Gasteiger partial charge in [-0.15, -0.1) is 0 Å². The quantitative estimate of drug-likeness (QED) is 0.537. The average molecular weight is 326 g/mol. The number of nitrogens with zero attached hydrogens (tertiary/aromatic N) is 4. The topological polar surface area (TPSA) is 41.9 Å². The van der Waals surface area contributed by atoms with Gasteiger partial charge in [0.2, 0.25) is 0 Å². The Balaban J connectivity index is 1.95. The molecule has 0 amide bonds. The first-order valence-electron chi connectivity index (χ1n) is 8.36. The van der Waals surface area contributed by atoms with Crippen molar-refractivity contribution in [1.29, 1.82) is 0 Å². The maximum absolute atomic E-state index is 4.89. The second kappa shape index (κ2) is 6.69. The van der Waals surface area contributed by atoms with Crippen LogP contribution in [0.3, 0.4) is 0 Å². The average Bonchev–Trinajstić information content (AvgIpc) is 2.70. The van der Waals surface area contributed by atoms with Crippen molar-refractivity contribution in [1.82, 2.24) is 15.0 Å². The molecule has 4 heteroatoms. The molecule has 4 rings (SSSR count). The minimum Gasteiger partial charge on any atom is -0.326 e. The molecule has 0 N–H and O–H groups in total. The Morgan fingerprint density at radius 2 is 1.64 bits per heavy atom. The van der Waals surface area contributed by atoms with Crippen LogP contribution in [0.1, 0.15) is 6.92 Å². The van der Waals surface area contributed by atoms with Gasteiger partial charge in [-0.1, -0.05) is 30.3 Å². The Morgan fingerprint density at radius 1 is 0.840 bits per heavy atom. The van der Waals surface area contributed by atoms with Crippen LogP contribution >= 0.6 is 0 Å². The fourth-order valence-electron chi connectivity index (χ4n) is 2.95. The summed E-state index contributed by atoms with van der Waals surface area (Å²) in [4.78, 5) is 16.0. The number of hydrogen-bond donors (Lipinski definition) is 0. The van der Waals surface area contributed by atoms with E-state index in [1.165, 1.54) is 0 Å². The second-order valence-electron chi connectivity index (χ2n) is 5.71. The molecule has 2 heterocycles. The normalized spacial score (nSPS) is 10.8. The van der Waals surface area contributed by atoms with Crippen molar-refractivity contribution in [2.45, 2.75) is 6.92 Å². The molecule has 0 saturated heterocycles. The molecule has 0 atom stereocenters. The number of benzene rings is 2. The zero-order valence-electron chi connectivity index (χ0n) is 14.0. The van der Waals surface area contributed by atoms with E-state index in [2.05, 4.69) is 35.0 Å². The fraction of sp³-hybridized carbons (Fsp3) is 0.0952. The van der Waals surface area contributed by atoms with Crippen LogP contribution < -0.4 is 4.90 Å². The highest BCUT2D eigenvalue weighted by Gasteiger charge is 2.15. The molecule has 0 unspecified atom stereocenters. The van der Waals surface area contributed by atoms with Crippen molar-refractivity contribution in [3.63, 3.8) is 0 Å². The molecule has 0 spiro atoms. The number of anilines is 2. The van der Waals surface area contributed by atoms with E-state index in [1.54, 1.807) is 12.4 Å². The summed E-state index contributed by atoms with van der Waals surface area (Å²) in [5.41, 5.74) is 2.96. The number of aromatic nitrogens is 3. The Hall–Kier alpha value is -3.27. The van der Waals surface area contributed by atoms with Gasteiger partial charge in [-0.2, -0.15) is 0 Å². The van der Waals surface area contributed by atoms with E-state index in [0.29, 0.717) is 5.82 Å². The lowest BCUT2D eigenvalue weighted by atomic mass is 10.2. The Morgan fingerprint density at radius 3 is 2.40 bits per heavy atom. The minimum atomic E-state index is 0.691. The number of pyridine rings is 1. The lowest BCUT2D eigenvalue weighted by Gasteiger charge is -2.24. The standard InChI is InChI=1S/C21H18N4/c1-2-25(17-10-4-3-5-11-17)21-18-12-6-7-13-19(18)23-20(24-21)16-9-8-14-22-15-16/h3-15H,2H2,1H3. The zero-order valence-corrected chi connectivity index (χ0v) is 14.0. The van der Waals surface area contributed by atoms with Crippen molar-refractivity contribution in [2.24, 2.45) is 0 Å². The summed E-state index contributed by atoms with van der Waals surface area (Å²) < 4.78 is 0. The van der Waals surface area contributed by atoms with Crippen LogP contribution in [0.15, 0.2) is 79.1 Å². The van der Waals surface area contributed by atoms with Gasteiger partial charge in [-0.05, 0) is 43.3 Å². The molecule has 0 aliphatic heterocycles. The number of rotatable bonds is 4. The first kappa shape index (κ1) is 15.3. The molecule has 0 radical (unpaired) electrons. The third kappa shape index (κ3) is 2.94. The number of hydrogen-bond acceptors (Lipinski definition) is 4. The highest BCUT2D eigenvalue weighted by atomic mass is 15.2. The van der Waals surface area contributed by atoms with E-state index in [9.17, 15) is 0 Å². The van der Waals surface area contributed by atoms with Crippen molar-refractivity contribution in [3.8, 4) is 11.4 Å². The molecular formula is C21H18N4. The largest absolute Gasteiger partial charge is 0.326 e. The molecule has 0 fully saturated rings. The van der Waals surface area contributed by atoms with Gasteiger partial charge >= 0.3 is 0 Å². The van der Waals surface area contributed by atoms with E-state index in [-0.39, 0.29) is 0 Å². The monoisotopic (exact) mass is 326 g/mol. The third-order valence-corrected chi connectivity index (χ3v) is 4.14. The maximum Gasteiger partial charge on any atom is 0.163 e. The van der Waals surface area contributed by atoms with Crippen molar-refractivity contribution >= 4 is 22.4 Å². The first-order chi connectivity index (χ1) is 12.4. The molecule has 25 heavy (non-hydrogen) atoms. The highest BCUT2D eigenvalue weighted by Crippen LogP contribution is 2.31. The van der Waals surface area contributed by atoms with Crippen LogP contribution in [0, 0.1) is 0 Å². The smallest absolute Gasteiger partial charge is 0.163 e. The van der Waals surface area contributed by atoms with E-state index in [0.717, 1.165) is 34.5 Å². The van der Waals surface area contributed by atoms with Crippen LogP contribution in [0.4, 0.5) is 11.5 Å². The second-order valence-corrected chi connectivity index (χ2v) is 5.71. The summed E-state index contributed by atoms with van der Waals surface area (Å²) in [6, 6.07) is 22.3. The lowest BCUT2D eigenvalue weighted by molar-refractivity contribution is 0.992. The maximum atomic E-state index is 4.89. The van der Waals surface area contributed by atoms with E-state index >= 15 is 0 Å². The molecule has 122 valence electrons. The van der Waals surface area contributed by atoms with E-state index in [4.69, 9.17) is 9.97 Å². The number of fused-ring (bicyclic) bond motifs is 1. The molecule has 2 aromatic carbocycles. The van der Waals surface area contributed by atoms with Gasteiger partial charge in [-0.3, -0.25) is 4.98 Å². The van der Waals surface area contributed by atoms with Crippen LogP contribution in [0.2, 0.25) is 0 Å². The highest BCUT2D eigenvalue weighted by molar-refractivity contribution is 5.92. The number of para-hydroxylation sites is 2. The molecule has 0 bridgehead atoms. The molecule has 4 aromatic rings. The molecule has 2 aromatic heterocycles. The predicted octanol–water partition coefficient (Wildman–Crippen LogP) is 4.85. The minimum absolute atomic E-state index is 0.691. The van der Waals surface area contributed by atoms with Gasteiger partial charge in [0.05, 0.1) is 5.52 Å². The summed E-state index contributed by atoms with van der Waals surface area (Å²) in [7, 11) is 0. The van der Waals surface area contributed by atoms with Crippen LogP contribution in [0.25, 0.3) is 22.3 Å². The Labute approximate surface area is 146 Å². The van der Waals surface area contributed by atoms with E-state index < -0.39 is 0 Å². The van der Waals surface area contributed by atoms with Crippen LogP contribution in [0.5, 0.6) is 0 Å². The van der Waals surface area contributed by atoms with Gasteiger partial charge in [0.25, 0.3) is 0 Å². The van der Waals surface area contributed by atoms with Gasteiger partial charge in [0.15, 0.2) is 5.82 Å². The molecular weight excluding hydrogens is 308 g/mol. The Bertz CT molecular complexity index is 984. The zero-order chi connectivity index (χ0) is 17.1. The first-order valence-corrected chi connectivity index (χ1v) is 8.36. The van der Waals surface area contributed by atoms with Gasteiger partial charge in [0.1, 0.15) is 5.82 Å². The summed E-state index contributed by atoms with van der Waals surface area (Å²) in [5.74, 6) is 1.61. The molecule has 0 saturated carbocycles. The SMILES string of the molecule is CCN(c1ccccc1)c1nc(-c2cccnc2)nc2ccccc12. The third-order valence-electron chi connectivity index (χ3n) is 4.14. The van der Waals surface area contributed by atoms with Gasteiger partial charge in [-0.25, -0.2) is 9.97 Å². The van der Waals surface area contributed by atoms with Crippen LogP contribution in [-0.2, 0) is 0 Å². The fourth-order valence-corrected chi connectivity index (χ4v) is 2.95. The summed E-state index contributed by atoms with van der Waals surface area (Å²) in [6.45, 7) is 2.95. The van der Waals surface area contributed by atoms with E-state index in [1.807, 2.05) is 48.5 Å².